The number of benzene rings is 2. The van der Waals surface area contributed by atoms with Crippen molar-refractivity contribution in [2.75, 3.05) is 5.75 Å². The summed E-state index contributed by atoms with van der Waals surface area (Å²) < 4.78 is 1.46. The summed E-state index contributed by atoms with van der Waals surface area (Å²) in [5.41, 5.74) is 2.11. The van der Waals surface area contributed by atoms with E-state index in [-0.39, 0.29) is 22.2 Å². The van der Waals surface area contributed by atoms with Crippen LogP contribution in [0.4, 0.5) is 0 Å². The van der Waals surface area contributed by atoms with E-state index in [9.17, 15) is 9.59 Å². The third-order valence-corrected chi connectivity index (χ3v) is 5.75. The fourth-order valence-electron chi connectivity index (χ4n) is 2.45. The highest BCUT2D eigenvalue weighted by Gasteiger charge is 2.11. The minimum Gasteiger partial charge on any atom is -0.351 e. The SMILES string of the molecule is Cc1ccc(-n2ccnc(SCC(=O)NCc3ccccc3Cl)c2=O)cc1Cl. The van der Waals surface area contributed by atoms with Crippen molar-refractivity contribution in [2.24, 2.45) is 0 Å². The summed E-state index contributed by atoms with van der Waals surface area (Å²) in [4.78, 5) is 28.9. The first-order valence-electron chi connectivity index (χ1n) is 8.43. The van der Waals surface area contributed by atoms with Gasteiger partial charge in [-0.2, -0.15) is 0 Å². The molecule has 8 heteroatoms. The standard InChI is InChI=1S/C20H17Cl2N3O2S/c1-13-6-7-15(10-17(13)22)25-9-8-23-19(20(25)27)28-12-18(26)24-11-14-4-2-3-5-16(14)21/h2-10H,11-12H2,1H3,(H,24,26). The van der Waals surface area contributed by atoms with Crippen molar-refractivity contribution in [3.05, 3.63) is 86.4 Å². The van der Waals surface area contributed by atoms with Crippen LogP contribution in [0.15, 0.2) is 64.7 Å². The van der Waals surface area contributed by atoms with Crippen molar-refractivity contribution < 1.29 is 4.79 Å². The molecule has 0 fully saturated rings. The fourth-order valence-corrected chi connectivity index (χ4v) is 3.55. The van der Waals surface area contributed by atoms with Gasteiger partial charge in [0.15, 0.2) is 5.03 Å². The van der Waals surface area contributed by atoms with Gasteiger partial charge in [-0.1, -0.05) is 59.2 Å². The molecule has 0 spiro atoms. The van der Waals surface area contributed by atoms with E-state index in [0.717, 1.165) is 22.9 Å². The van der Waals surface area contributed by atoms with Crippen molar-refractivity contribution in [3.8, 4) is 5.69 Å². The van der Waals surface area contributed by atoms with E-state index in [1.54, 1.807) is 18.3 Å². The summed E-state index contributed by atoms with van der Waals surface area (Å²) >= 11 is 13.3. The lowest BCUT2D eigenvalue weighted by molar-refractivity contribution is -0.118. The number of carbonyl (C=O) groups is 1. The van der Waals surface area contributed by atoms with E-state index < -0.39 is 0 Å². The second kappa shape index (κ2) is 9.28. The van der Waals surface area contributed by atoms with E-state index in [1.807, 2.05) is 37.3 Å². The molecule has 1 aromatic heterocycles. The van der Waals surface area contributed by atoms with Crippen LogP contribution < -0.4 is 10.9 Å². The number of hydrogen-bond donors (Lipinski definition) is 1. The minimum atomic E-state index is -0.300. The maximum atomic E-state index is 12.7. The van der Waals surface area contributed by atoms with Crippen molar-refractivity contribution >= 4 is 40.9 Å². The van der Waals surface area contributed by atoms with Gasteiger partial charge < -0.3 is 5.32 Å². The molecule has 0 bridgehead atoms. The lowest BCUT2D eigenvalue weighted by Crippen LogP contribution is -2.26. The zero-order valence-corrected chi connectivity index (χ0v) is 17.3. The first kappa shape index (κ1) is 20.5. The summed E-state index contributed by atoms with van der Waals surface area (Å²) in [6.07, 6.45) is 3.10. The van der Waals surface area contributed by atoms with Crippen molar-refractivity contribution in [1.82, 2.24) is 14.9 Å². The summed E-state index contributed by atoms with van der Waals surface area (Å²) in [5.74, 6) is -0.134. The first-order valence-corrected chi connectivity index (χ1v) is 10.2. The van der Waals surface area contributed by atoms with Crippen LogP contribution in [0.3, 0.4) is 0 Å². The van der Waals surface area contributed by atoms with Crippen molar-refractivity contribution in [3.63, 3.8) is 0 Å². The Bertz CT molecular complexity index is 1070. The Morgan fingerprint density at radius 1 is 1.18 bits per heavy atom. The largest absolute Gasteiger partial charge is 0.351 e. The van der Waals surface area contributed by atoms with Crippen LogP contribution in [0.5, 0.6) is 0 Å². The van der Waals surface area contributed by atoms with Crippen LogP contribution in [0.1, 0.15) is 11.1 Å². The Balaban J connectivity index is 1.66. The molecule has 28 heavy (non-hydrogen) atoms. The Labute approximate surface area is 176 Å². The van der Waals surface area contributed by atoms with Crippen LogP contribution in [0.25, 0.3) is 5.69 Å². The van der Waals surface area contributed by atoms with Crippen LogP contribution in [-0.2, 0) is 11.3 Å². The highest BCUT2D eigenvalue weighted by Crippen LogP contribution is 2.19. The van der Waals surface area contributed by atoms with Crippen molar-refractivity contribution in [2.45, 2.75) is 18.5 Å². The van der Waals surface area contributed by atoms with Crippen LogP contribution >= 0.6 is 35.0 Å². The van der Waals surface area contributed by atoms with E-state index in [0.29, 0.717) is 22.3 Å². The van der Waals surface area contributed by atoms with Gasteiger partial charge in [0.1, 0.15) is 0 Å². The molecule has 0 aliphatic heterocycles. The number of hydrogen-bond acceptors (Lipinski definition) is 4. The number of nitrogens with zero attached hydrogens (tertiary/aromatic N) is 2. The molecule has 1 amide bonds. The third-order valence-electron chi connectivity index (χ3n) is 4.02. The molecule has 0 saturated heterocycles. The molecule has 0 aliphatic rings. The lowest BCUT2D eigenvalue weighted by atomic mass is 10.2. The van der Waals surface area contributed by atoms with Crippen LogP contribution in [-0.4, -0.2) is 21.2 Å². The van der Waals surface area contributed by atoms with Gasteiger partial charge in [-0.3, -0.25) is 14.2 Å². The molecule has 0 saturated carbocycles. The number of halogens is 2. The molecule has 0 unspecified atom stereocenters. The Morgan fingerprint density at radius 2 is 1.96 bits per heavy atom. The molecule has 0 aliphatic carbocycles. The summed E-state index contributed by atoms with van der Waals surface area (Å²) in [5, 5.41) is 4.21. The highest BCUT2D eigenvalue weighted by molar-refractivity contribution is 7.99. The predicted octanol–water partition coefficient (Wildman–Crippen LogP) is 4.26. The first-order chi connectivity index (χ1) is 13.5. The van der Waals surface area contributed by atoms with E-state index >= 15 is 0 Å². The van der Waals surface area contributed by atoms with E-state index in [2.05, 4.69) is 10.3 Å². The average Bonchev–Trinajstić information content (AvgIpc) is 2.69. The topological polar surface area (TPSA) is 64.0 Å². The Hall–Kier alpha value is -2.28. The van der Waals surface area contributed by atoms with Gasteiger partial charge in [-0.05, 0) is 36.2 Å². The van der Waals surface area contributed by atoms with Gasteiger partial charge >= 0.3 is 0 Å². The van der Waals surface area contributed by atoms with Crippen LogP contribution in [0, 0.1) is 6.92 Å². The molecule has 0 atom stereocenters. The number of nitrogens with one attached hydrogen (secondary N) is 1. The van der Waals surface area contributed by atoms with Gasteiger partial charge in [0.25, 0.3) is 5.56 Å². The molecular formula is C20H17Cl2N3O2S. The molecule has 2 aromatic carbocycles. The van der Waals surface area contributed by atoms with Crippen molar-refractivity contribution in [1.29, 1.82) is 0 Å². The third kappa shape index (κ3) is 4.95. The highest BCUT2D eigenvalue weighted by atomic mass is 35.5. The summed E-state index contributed by atoms with van der Waals surface area (Å²) in [7, 11) is 0. The second-order valence-corrected chi connectivity index (χ2v) is 7.78. The summed E-state index contributed by atoms with van der Waals surface area (Å²) in [6, 6.07) is 12.7. The van der Waals surface area contributed by atoms with E-state index in [4.69, 9.17) is 23.2 Å². The number of aromatic nitrogens is 2. The molecule has 1 heterocycles. The predicted molar refractivity (Wildman–Crippen MR) is 114 cm³/mol. The fraction of sp³-hybridized carbons (Fsp3) is 0.150. The minimum absolute atomic E-state index is 0.0748. The normalized spacial score (nSPS) is 10.7. The molecular weight excluding hydrogens is 417 g/mol. The number of rotatable bonds is 6. The molecule has 3 aromatic rings. The maximum absolute atomic E-state index is 12.7. The quantitative estimate of drug-likeness (QED) is 0.589. The number of carbonyl (C=O) groups excluding carboxylic acids is 1. The smallest absolute Gasteiger partial charge is 0.287 e. The molecule has 5 nitrogen and oxygen atoms in total. The van der Waals surface area contributed by atoms with Gasteiger partial charge in [0, 0.05) is 29.0 Å². The zero-order chi connectivity index (χ0) is 20.1. The monoisotopic (exact) mass is 433 g/mol. The maximum Gasteiger partial charge on any atom is 0.287 e. The van der Waals surface area contributed by atoms with Gasteiger partial charge in [-0.25, -0.2) is 4.98 Å². The Kier molecular flexibility index (Phi) is 6.78. The van der Waals surface area contributed by atoms with E-state index in [1.165, 1.54) is 10.8 Å². The average molecular weight is 434 g/mol. The van der Waals surface area contributed by atoms with Gasteiger partial charge in [-0.15, -0.1) is 0 Å². The second-order valence-electron chi connectivity index (χ2n) is 6.00. The van der Waals surface area contributed by atoms with Crippen LogP contribution in [0.2, 0.25) is 10.0 Å². The van der Waals surface area contributed by atoms with Gasteiger partial charge in [0.2, 0.25) is 5.91 Å². The van der Waals surface area contributed by atoms with Gasteiger partial charge in [0.05, 0.1) is 11.4 Å². The molecule has 1 N–H and O–H groups in total. The number of aryl methyl sites for hydroxylation is 1. The molecule has 3 rings (SSSR count). The zero-order valence-electron chi connectivity index (χ0n) is 15.0. The summed E-state index contributed by atoms with van der Waals surface area (Å²) in [6.45, 7) is 2.22. The Morgan fingerprint density at radius 3 is 2.71 bits per heavy atom. The lowest BCUT2D eigenvalue weighted by Gasteiger charge is -2.09. The molecule has 0 radical (unpaired) electrons. The number of thioether (sulfide) groups is 1. The molecule has 144 valence electrons. The number of amides is 1.